The van der Waals surface area contributed by atoms with E-state index in [1.54, 1.807) is 12.4 Å². The predicted molar refractivity (Wildman–Crippen MR) is 101 cm³/mol. The molecule has 0 aliphatic heterocycles. The van der Waals surface area contributed by atoms with Crippen LogP contribution in [0.4, 0.5) is 0 Å². The van der Waals surface area contributed by atoms with E-state index >= 15 is 0 Å². The lowest BCUT2D eigenvalue weighted by Crippen LogP contribution is -2.27. The third kappa shape index (κ3) is 3.21. The summed E-state index contributed by atoms with van der Waals surface area (Å²) < 4.78 is 2.02. The molecule has 27 heavy (non-hydrogen) atoms. The van der Waals surface area contributed by atoms with Gasteiger partial charge in [-0.3, -0.25) is 15.0 Å². The summed E-state index contributed by atoms with van der Waals surface area (Å²) in [6.45, 7) is 6.37. The third-order valence-electron chi connectivity index (χ3n) is 4.70. The Morgan fingerprint density at radius 2 is 2.04 bits per heavy atom. The molecule has 0 radical (unpaired) electrons. The summed E-state index contributed by atoms with van der Waals surface area (Å²) in [7, 11) is 0. The Morgan fingerprint density at radius 3 is 2.81 bits per heavy atom. The zero-order valence-corrected chi connectivity index (χ0v) is 15.4. The number of aromatic amines is 2. The van der Waals surface area contributed by atoms with Crippen LogP contribution in [0, 0.1) is 13.8 Å². The number of benzene rings is 1. The Hall–Kier alpha value is -3.42. The minimum atomic E-state index is -0.222. The molecule has 3 heterocycles. The molecule has 0 saturated carbocycles. The van der Waals surface area contributed by atoms with Gasteiger partial charge in [-0.25, -0.2) is 4.98 Å². The second kappa shape index (κ2) is 6.71. The Morgan fingerprint density at radius 1 is 1.22 bits per heavy atom. The maximum absolute atomic E-state index is 12.6. The number of aromatic nitrogens is 6. The van der Waals surface area contributed by atoms with Crippen molar-refractivity contribution in [3.63, 3.8) is 0 Å². The molecule has 3 N–H and O–H groups in total. The van der Waals surface area contributed by atoms with Crippen molar-refractivity contribution in [2.45, 2.75) is 33.4 Å². The summed E-state index contributed by atoms with van der Waals surface area (Å²) in [4.78, 5) is 16.9. The van der Waals surface area contributed by atoms with Crippen LogP contribution in [0.25, 0.3) is 11.0 Å². The number of hydrogen-bond donors (Lipinski definition) is 3. The number of carbonyl (C=O) groups excluding carboxylic acids is 1. The quantitative estimate of drug-likeness (QED) is 0.507. The first-order valence-electron chi connectivity index (χ1n) is 8.79. The minimum absolute atomic E-state index is 0.158. The summed E-state index contributed by atoms with van der Waals surface area (Å²) >= 11 is 0. The highest BCUT2D eigenvalue weighted by Gasteiger charge is 2.19. The summed E-state index contributed by atoms with van der Waals surface area (Å²) in [5, 5.41) is 17.2. The summed E-state index contributed by atoms with van der Waals surface area (Å²) in [6, 6.07) is 9.54. The summed E-state index contributed by atoms with van der Waals surface area (Å²) in [5.41, 5.74) is 6.02. The SMILES string of the molecule is Cc1n[nH]c(C)c1C(C)NC(=O)c1cc(Cn2cnc3ccccc32)[nH]n1. The Balaban J connectivity index is 1.48. The average molecular weight is 363 g/mol. The minimum Gasteiger partial charge on any atom is -0.344 e. The smallest absolute Gasteiger partial charge is 0.272 e. The number of aryl methyl sites for hydroxylation is 2. The molecular formula is C19H21N7O. The number of nitrogens with one attached hydrogen (secondary N) is 3. The van der Waals surface area contributed by atoms with Crippen LogP contribution < -0.4 is 5.32 Å². The highest BCUT2D eigenvalue weighted by Crippen LogP contribution is 2.19. The van der Waals surface area contributed by atoms with Crippen LogP contribution in [0.5, 0.6) is 0 Å². The third-order valence-corrected chi connectivity index (χ3v) is 4.70. The van der Waals surface area contributed by atoms with Crippen molar-refractivity contribution in [3.05, 3.63) is 65.0 Å². The van der Waals surface area contributed by atoms with Crippen molar-refractivity contribution < 1.29 is 4.79 Å². The molecule has 1 amide bonds. The number of fused-ring (bicyclic) bond motifs is 1. The van der Waals surface area contributed by atoms with Gasteiger partial charge in [0.05, 0.1) is 41.3 Å². The molecule has 0 bridgehead atoms. The molecule has 0 fully saturated rings. The van der Waals surface area contributed by atoms with Gasteiger partial charge >= 0.3 is 0 Å². The van der Waals surface area contributed by atoms with Crippen molar-refractivity contribution in [1.29, 1.82) is 0 Å². The van der Waals surface area contributed by atoms with E-state index in [2.05, 4.69) is 30.7 Å². The van der Waals surface area contributed by atoms with E-state index in [-0.39, 0.29) is 11.9 Å². The average Bonchev–Trinajstić information content (AvgIpc) is 3.35. The lowest BCUT2D eigenvalue weighted by Gasteiger charge is -2.13. The normalized spacial score (nSPS) is 12.4. The molecule has 0 saturated heterocycles. The molecule has 1 atom stereocenters. The molecular weight excluding hydrogens is 342 g/mol. The molecule has 4 rings (SSSR count). The van der Waals surface area contributed by atoms with E-state index in [4.69, 9.17) is 0 Å². The van der Waals surface area contributed by atoms with Crippen LogP contribution in [-0.4, -0.2) is 35.9 Å². The van der Waals surface area contributed by atoms with Gasteiger partial charge in [-0.1, -0.05) is 12.1 Å². The highest BCUT2D eigenvalue weighted by molar-refractivity contribution is 5.92. The van der Waals surface area contributed by atoms with Crippen LogP contribution in [-0.2, 0) is 6.54 Å². The topological polar surface area (TPSA) is 104 Å². The van der Waals surface area contributed by atoms with Gasteiger partial charge < -0.3 is 9.88 Å². The van der Waals surface area contributed by atoms with Crippen molar-refractivity contribution in [3.8, 4) is 0 Å². The number of H-pyrrole nitrogens is 2. The molecule has 0 spiro atoms. The van der Waals surface area contributed by atoms with E-state index in [0.717, 1.165) is 33.7 Å². The monoisotopic (exact) mass is 363 g/mol. The van der Waals surface area contributed by atoms with Crippen LogP contribution in [0.15, 0.2) is 36.7 Å². The molecule has 0 aliphatic rings. The lowest BCUT2D eigenvalue weighted by atomic mass is 10.1. The zero-order valence-electron chi connectivity index (χ0n) is 15.4. The van der Waals surface area contributed by atoms with Gasteiger partial charge in [0.15, 0.2) is 0 Å². The summed E-state index contributed by atoms with van der Waals surface area (Å²) in [5.74, 6) is -0.222. The highest BCUT2D eigenvalue weighted by atomic mass is 16.2. The Bertz CT molecular complexity index is 1080. The van der Waals surface area contributed by atoms with Gasteiger partial charge in [-0.05, 0) is 39.0 Å². The first-order chi connectivity index (χ1) is 13.0. The van der Waals surface area contributed by atoms with Crippen LogP contribution >= 0.6 is 0 Å². The fourth-order valence-corrected chi connectivity index (χ4v) is 3.42. The number of hydrogen-bond acceptors (Lipinski definition) is 4. The second-order valence-electron chi connectivity index (χ2n) is 6.68. The second-order valence-corrected chi connectivity index (χ2v) is 6.68. The standard InChI is InChI=1S/C19H21N7O/c1-11(18-12(2)22-23-13(18)3)21-19(27)16-8-14(24-25-16)9-26-10-20-15-6-4-5-7-17(15)26/h4-8,10-11H,9H2,1-3H3,(H,21,27)(H,22,23)(H,24,25). The first-order valence-corrected chi connectivity index (χ1v) is 8.79. The van der Waals surface area contributed by atoms with Gasteiger partial charge in [-0.2, -0.15) is 10.2 Å². The van der Waals surface area contributed by atoms with Gasteiger partial charge in [0, 0.05) is 11.3 Å². The fraction of sp³-hybridized carbons (Fsp3) is 0.263. The molecule has 8 heteroatoms. The van der Waals surface area contributed by atoms with Crippen LogP contribution in [0.3, 0.4) is 0 Å². The number of rotatable bonds is 5. The number of nitrogens with zero attached hydrogens (tertiary/aromatic N) is 4. The Kier molecular flexibility index (Phi) is 4.23. The van der Waals surface area contributed by atoms with Gasteiger partial charge in [0.2, 0.25) is 0 Å². The lowest BCUT2D eigenvalue weighted by molar-refractivity contribution is 0.0934. The maximum Gasteiger partial charge on any atom is 0.272 e. The molecule has 4 aromatic rings. The van der Waals surface area contributed by atoms with Crippen LogP contribution in [0.2, 0.25) is 0 Å². The number of imidazole rings is 1. The Labute approximate surface area is 156 Å². The first kappa shape index (κ1) is 17.0. The molecule has 3 aromatic heterocycles. The number of carbonyl (C=O) groups is 1. The van der Waals surface area contributed by atoms with E-state index in [1.807, 2.05) is 49.6 Å². The van der Waals surface area contributed by atoms with E-state index in [1.165, 1.54) is 0 Å². The number of para-hydroxylation sites is 2. The number of amides is 1. The van der Waals surface area contributed by atoms with Crippen molar-refractivity contribution >= 4 is 16.9 Å². The maximum atomic E-state index is 12.6. The van der Waals surface area contributed by atoms with E-state index in [9.17, 15) is 4.79 Å². The van der Waals surface area contributed by atoms with E-state index in [0.29, 0.717) is 12.2 Å². The zero-order chi connectivity index (χ0) is 19.0. The fourth-order valence-electron chi connectivity index (χ4n) is 3.42. The van der Waals surface area contributed by atoms with Crippen LogP contribution in [0.1, 0.15) is 46.1 Å². The molecule has 1 aromatic carbocycles. The molecule has 138 valence electrons. The van der Waals surface area contributed by atoms with Crippen molar-refractivity contribution in [2.24, 2.45) is 0 Å². The van der Waals surface area contributed by atoms with Gasteiger partial charge in [-0.15, -0.1) is 0 Å². The van der Waals surface area contributed by atoms with Crippen molar-refractivity contribution in [2.75, 3.05) is 0 Å². The van der Waals surface area contributed by atoms with Gasteiger partial charge in [0.25, 0.3) is 5.91 Å². The van der Waals surface area contributed by atoms with Gasteiger partial charge in [0.1, 0.15) is 5.69 Å². The molecule has 0 aliphatic carbocycles. The summed E-state index contributed by atoms with van der Waals surface area (Å²) in [6.07, 6.45) is 1.79. The molecule has 1 unspecified atom stereocenters. The van der Waals surface area contributed by atoms with E-state index < -0.39 is 0 Å². The largest absolute Gasteiger partial charge is 0.344 e. The molecule has 8 nitrogen and oxygen atoms in total. The van der Waals surface area contributed by atoms with Crippen molar-refractivity contribution in [1.82, 2.24) is 35.3 Å². The predicted octanol–water partition coefficient (Wildman–Crippen LogP) is 2.64.